The molecular weight excluding hydrogens is 338 g/mol. The summed E-state index contributed by atoms with van der Waals surface area (Å²) in [5.74, 6) is 1.47. The summed E-state index contributed by atoms with van der Waals surface area (Å²) in [6, 6.07) is 24.0. The van der Waals surface area contributed by atoms with Crippen LogP contribution in [0.4, 0.5) is 0 Å². The highest BCUT2D eigenvalue weighted by atomic mass is 16.5. The van der Waals surface area contributed by atoms with Gasteiger partial charge in [0.25, 0.3) is 0 Å². The molecule has 1 aliphatic heterocycles. The number of β-amino-alcohol motifs (C(OH)–C–C–N with tert-alkyl or cyclic N) is 1. The van der Waals surface area contributed by atoms with Crippen molar-refractivity contribution in [3.05, 3.63) is 95.1 Å². The van der Waals surface area contributed by atoms with E-state index in [0.29, 0.717) is 32.1 Å². The maximum absolute atomic E-state index is 10.4. The molecule has 2 N–H and O–H groups in total. The highest BCUT2D eigenvalue weighted by Crippen LogP contribution is 2.35. The number of hydrogen-bond acceptors (Lipinski definition) is 4. The van der Waals surface area contributed by atoms with E-state index < -0.39 is 6.10 Å². The number of aliphatic hydroxyl groups excluding tert-OH is 1. The van der Waals surface area contributed by atoms with Gasteiger partial charge in [0.05, 0.1) is 6.10 Å². The summed E-state index contributed by atoms with van der Waals surface area (Å²) in [6.07, 6.45) is -0.562. The van der Waals surface area contributed by atoms with Crippen LogP contribution >= 0.6 is 0 Å². The molecule has 1 heterocycles. The molecule has 0 radical (unpaired) electrons. The number of fused-ring (bicyclic) bond motifs is 1. The molecule has 3 aromatic rings. The maximum atomic E-state index is 10.4. The van der Waals surface area contributed by atoms with Gasteiger partial charge in [-0.25, -0.2) is 0 Å². The Balaban J connectivity index is 1.57. The van der Waals surface area contributed by atoms with Gasteiger partial charge in [0.2, 0.25) is 0 Å². The van der Waals surface area contributed by atoms with E-state index in [9.17, 15) is 5.11 Å². The van der Waals surface area contributed by atoms with E-state index in [4.69, 9.17) is 9.47 Å². The molecular formula is C23H23NO3. The van der Waals surface area contributed by atoms with Gasteiger partial charge >= 0.3 is 0 Å². The largest absolute Gasteiger partial charge is 0.489 e. The molecule has 0 amide bonds. The SMILES string of the molecule is OC1CNCc2c(OCc3ccccc3)cc(OCc3ccccc3)cc21. The summed E-state index contributed by atoms with van der Waals surface area (Å²) in [5.41, 5.74) is 4.08. The van der Waals surface area contributed by atoms with Crippen molar-refractivity contribution in [2.24, 2.45) is 0 Å². The summed E-state index contributed by atoms with van der Waals surface area (Å²) in [7, 11) is 0. The average molecular weight is 361 g/mol. The first-order valence-electron chi connectivity index (χ1n) is 9.18. The molecule has 3 aromatic carbocycles. The fourth-order valence-electron chi connectivity index (χ4n) is 3.26. The van der Waals surface area contributed by atoms with Crippen LogP contribution in [0.1, 0.15) is 28.4 Å². The van der Waals surface area contributed by atoms with E-state index >= 15 is 0 Å². The number of aliphatic hydroxyl groups is 1. The predicted octanol–water partition coefficient (Wildman–Crippen LogP) is 3.98. The van der Waals surface area contributed by atoms with Gasteiger partial charge in [0.1, 0.15) is 24.7 Å². The van der Waals surface area contributed by atoms with Crippen molar-refractivity contribution in [3.63, 3.8) is 0 Å². The number of hydrogen-bond donors (Lipinski definition) is 2. The minimum Gasteiger partial charge on any atom is -0.489 e. The highest BCUT2D eigenvalue weighted by molar-refractivity contribution is 5.49. The van der Waals surface area contributed by atoms with Crippen molar-refractivity contribution in [2.45, 2.75) is 25.9 Å². The monoisotopic (exact) mass is 361 g/mol. The molecule has 0 saturated heterocycles. The van der Waals surface area contributed by atoms with Crippen molar-refractivity contribution in [1.82, 2.24) is 5.32 Å². The topological polar surface area (TPSA) is 50.7 Å². The van der Waals surface area contributed by atoms with E-state index in [1.54, 1.807) is 0 Å². The minimum atomic E-state index is -0.562. The molecule has 4 nitrogen and oxygen atoms in total. The first-order valence-corrected chi connectivity index (χ1v) is 9.18. The van der Waals surface area contributed by atoms with Crippen LogP contribution in [-0.4, -0.2) is 11.7 Å². The maximum Gasteiger partial charge on any atom is 0.128 e. The standard InChI is InChI=1S/C23H23NO3/c25-22-14-24-13-21-20(22)11-19(26-15-17-7-3-1-4-8-17)12-23(21)27-16-18-9-5-2-6-10-18/h1-12,22,24-25H,13-16H2. The Labute approximate surface area is 159 Å². The van der Waals surface area contributed by atoms with Crippen LogP contribution in [0.3, 0.4) is 0 Å². The third-order valence-electron chi connectivity index (χ3n) is 4.70. The number of ether oxygens (including phenoxy) is 2. The van der Waals surface area contributed by atoms with Gasteiger partial charge in [-0.3, -0.25) is 0 Å². The van der Waals surface area contributed by atoms with Crippen LogP contribution < -0.4 is 14.8 Å². The van der Waals surface area contributed by atoms with E-state index in [2.05, 4.69) is 5.32 Å². The lowest BCUT2D eigenvalue weighted by Crippen LogP contribution is -2.28. The Morgan fingerprint density at radius 1 is 0.852 bits per heavy atom. The van der Waals surface area contributed by atoms with Crippen molar-refractivity contribution in [3.8, 4) is 11.5 Å². The Morgan fingerprint density at radius 2 is 1.48 bits per heavy atom. The van der Waals surface area contributed by atoms with E-state index in [-0.39, 0.29) is 0 Å². The van der Waals surface area contributed by atoms with E-state index in [1.165, 1.54) is 0 Å². The first kappa shape index (κ1) is 17.6. The first-order chi connectivity index (χ1) is 13.3. The fraction of sp³-hybridized carbons (Fsp3) is 0.217. The summed E-state index contributed by atoms with van der Waals surface area (Å²) in [6.45, 7) is 2.17. The molecule has 0 aromatic heterocycles. The predicted molar refractivity (Wildman–Crippen MR) is 105 cm³/mol. The van der Waals surface area contributed by atoms with E-state index in [0.717, 1.165) is 28.0 Å². The molecule has 1 unspecified atom stereocenters. The Bertz CT molecular complexity index is 881. The van der Waals surface area contributed by atoms with Gasteiger partial charge in [0, 0.05) is 24.7 Å². The zero-order valence-electron chi connectivity index (χ0n) is 15.1. The Morgan fingerprint density at radius 3 is 2.15 bits per heavy atom. The minimum absolute atomic E-state index is 0.478. The summed E-state index contributed by atoms with van der Waals surface area (Å²) >= 11 is 0. The molecule has 1 atom stereocenters. The molecule has 0 spiro atoms. The molecule has 0 aliphatic carbocycles. The lowest BCUT2D eigenvalue weighted by molar-refractivity contribution is 0.162. The smallest absolute Gasteiger partial charge is 0.128 e. The molecule has 0 bridgehead atoms. The van der Waals surface area contributed by atoms with Gasteiger partial charge in [-0.2, -0.15) is 0 Å². The molecule has 1 aliphatic rings. The normalized spacial score (nSPS) is 15.8. The number of benzene rings is 3. The fourth-order valence-corrected chi connectivity index (χ4v) is 3.26. The van der Waals surface area contributed by atoms with Crippen molar-refractivity contribution < 1.29 is 14.6 Å². The molecule has 4 rings (SSSR count). The molecule has 4 heteroatoms. The highest BCUT2D eigenvalue weighted by Gasteiger charge is 2.22. The van der Waals surface area contributed by atoms with Crippen molar-refractivity contribution in [1.29, 1.82) is 0 Å². The molecule has 0 saturated carbocycles. The second-order valence-corrected chi connectivity index (χ2v) is 6.68. The van der Waals surface area contributed by atoms with Gasteiger partial charge in [-0.1, -0.05) is 60.7 Å². The Kier molecular flexibility index (Phi) is 5.37. The lowest BCUT2D eigenvalue weighted by atomic mass is 9.97. The Hall–Kier alpha value is -2.82. The summed E-state index contributed by atoms with van der Waals surface area (Å²) in [5, 5.41) is 13.6. The number of nitrogens with one attached hydrogen (secondary N) is 1. The number of rotatable bonds is 6. The van der Waals surface area contributed by atoms with Gasteiger partial charge < -0.3 is 19.9 Å². The third-order valence-corrected chi connectivity index (χ3v) is 4.70. The van der Waals surface area contributed by atoms with Gasteiger partial charge in [-0.15, -0.1) is 0 Å². The summed E-state index contributed by atoms with van der Waals surface area (Å²) in [4.78, 5) is 0. The van der Waals surface area contributed by atoms with Crippen LogP contribution in [0.15, 0.2) is 72.8 Å². The molecule has 27 heavy (non-hydrogen) atoms. The van der Waals surface area contributed by atoms with Gasteiger partial charge in [-0.05, 0) is 22.8 Å². The molecule has 0 fully saturated rings. The third kappa shape index (κ3) is 4.30. The van der Waals surface area contributed by atoms with Crippen molar-refractivity contribution in [2.75, 3.05) is 6.54 Å². The van der Waals surface area contributed by atoms with E-state index in [1.807, 2.05) is 72.8 Å². The van der Waals surface area contributed by atoms with Crippen molar-refractivity contribution >= 4 is 0 Å². The van der Waals surface area contributed by atoms with Gasteiger partial charge in [0.15, 0.2) is 0 Å². The van der Waals surface area contributed by atoms with Crippen LogP contribution in [0, 0.1) is 0 Å². The second-order valence-electron chi connectivity index (χ2n) is 6.68. The lowest BCUT2D eigenvalue weighted by Gasteiger charge is -2.26. The molecule has 138 valence electrons. The quantitative estimate of drug-likeness (QED) is 0.697. The van der Waals surface area contributed by atoms with Crippen LogP contribution in [0.2, 0.25) is 0 Å². The van der Waals surface area contributed by atoms with Crippen LogP contribution in [0.5, 0.6) is 11.5 Å². The van der Waals surface area contributed by atoms with Crippen LogP contribution in [-0.2, 0) is 19.8 Å². The summed E-state index contributed by atoms with van der Waals surface area (Å²) < 4.78 is 12.1. The average Bonchev–Trinajstić information content (AvgIpc) is 2.73. The zero-order chi connectivity index (χ0) is 18.5. The second kappa shape index (κ2) is 8.25. The van der Waals surface area contributed by atoms with Crippen LogP contribution in [0.25, 0.3) is 0 Å². The zero-order valence-corrected chi connectivity index (χ0v) is 15.1.